The molecule has 0 aromatic heterocycles. The van der Waals surface area contributed by atoms with Crippen molar-refractivity contribution < 1.29 is 14.6 Å². The number of carboxylic acids is 1. The Bertz CT molecular complexity index is 322. The van der Waals surface area contributed by atoms with Crippen LogP contribution in [0.3, 0.4) is 0 Å². The summed E-state index contributed by atoms with van der Waals surface area (Å²) in [4.78, 5) is 10.3. The van der Waals surface area contributed by atoms with Crippen molar-refractivity contribution in [2.75, 3.05) is 13.2 Å². The minimum Gasteiger partial charge on any atom is -0.494 e. The summed E-state index contributed by atoms with van der Waals surface area (Å²) in [5.74, 6) is 0.00624. The first kappa shape index (κ1) is 12.5. The average Bonchev–Trinajstić information content (AvgIpc) is 2.27. The van der Waals surface area contributed by atoms with Gasteiger partial charge in [0.05, 0.1) is 13.2 Å². The van der Waals surface area contributed by atoms with Crippen LogP contribution in [0.4, 0.5) is 0 Å². The Labute approximate surface area is 95.2 Å². The lowest BCUT2D eigenvalue weighted by Gasteiger charge is -2.06. The second-order valence-electron chi connectivity index (χ2n) is 3.49. The zero-order valence-electron chi connectivity index (χ0n) is 9.40. The lowest BCUT2D eigenvalue weighted by molar-refractivity contribution is -0.135. The number of benzene rings is 1. The molecule has 0 aliphatic heterocycles. The fraction of sp³-hybridized carbons (Fsp3) is 0.417. The van der Waals surface area contributed by atoms with Gasteiger partial charge < -0.3 is 15.2 Å². The van der Waals surface area contributed by atoms with Crippen LogP contribution in [0.25, 0.3) is 0 Å². The molecule has 0 aliphatic rings. The summed E-state index contributed by atoms with van der Waals surface area (Å²) < 4.78 is 5.44. The summed E-state index contributed by atoms with van der Waals surface area (Å²) in [6, 6.07) is 7.65. The molecule has 2 N–H and O–H groups in total. The molecule has 0 saturated carbocycles. The maximum atomic E-state index is 10.3. The molecule has 0 bridgehead atoms. The largest absolute Gasteiger partial charge is 0.494 e. The zero-order valence-corrected chi connectivity index (χ0v) is 9.40. The van der Waals surface area contributed by atoms with E-state index in [9.17, 15) is 4.79 Å². The van der Waals surface area contributed by atoms with Crippen LogP contribution >= 0.6 is 0 Å². The number of hydrogen-bond donors (Lipinski definition) is 2. The van der Waals surface area contributed by atoms with E-state index in [0.717, 1.165) is 24.3 Å². The molecule has 4 heteroatoms. The third kappa shape index (κ3) is 4.79. The Hall–Kier alpha value is -1.55. The highest BCUT2D eigenvalue weighted by atomic mass is 16.5. The first-order valence-corrected chi connectivity index (χ1v) is 5.36. The molecule has 0 fully saturated rings. The molecule has 4 nitrogen and oxygen atoms in total. The minimum absolute atomic E-state index is 0.0198. The standard InChI is InChI=1S/C12H17NO3/c1-2-7-16-11-5-3-10(4-6-11)8-13-9-12(14)15/h3-6,13H,2,7-9H2,1H3,(H,14,15). The maximum absolute atomic E-state index is 10.3. The average molecular weight is 223 g/mol. The molecule has 0 atom stereocenters. The van der Waals surface area contributed by atoms with E-state index in [1.807, 2.05) is 24.3 Å². The molecule has 0 heterocycles. The molecule has 0 radical (unpaired) electrons. The second-order valence-corrected chi connectivity index (χ2v) is 3.49. The van der Waals surface area contributed by atoms with Crippen LogP contribution in [0.15, 0.2) is 24.3 Å². The molecule has 0 amide bonds. The van der Waals surface area contributed by atoms with Crippen molar-refractivity contribution in [3.63, 3.8) is 0 Å². The Balaban J connectivity index is 2.36. The van der Waals surface area contributed by atoms with Gasteiger partial charge in [-0.05, 0) is 24.1 Å². The fourth-order valence-electron chi connectivity index (χ4n) is 1.24. The number of carboxylic acid groups (broad SMARTS) is 1. The van der Waals surface area contributed by atoms with Crippen molar-refractivity contribution in [2.24, 2.45) is 0 Å². The number of carbonyl (C=O) groups is 1. The van der Waals surface area contributed by atoms with Gasteiger partial charge in [-0.15, -0.1) is 0 Å². The molecular formula is C12H17NO3. The van der Waals surface area contributed by atoms with Crippen molar-refractivity contribution in [3.8, 4) is 5.75 Å². The van der Waals surface area contributed by atoms with Gasteiger partial charge in [-0.3, -0.25) is 4.79 Å². The van der Waals surface area contributed by atoms with Gasteiger partial charge in [-0.2, -0.15) is 0 Å². The summed E-state index contributed by atoms with van der Waals surface area (Å²) in [5, 5.41) is 11.3. The third-order valence-electron chi connectivity index (χ3n) is 2.00. The van der Waals surface area contributed by atoms with Crippen molar-refractivity contribution in [1.29, 1.82) is 0 Å². The van der Waals surface area contributed by atoms with Crippen LogP contribution in [0.5, 0.6) is 5.75 Å². The van der Waals surface area contributed by atoms with E-state index in [1.165, 1.54) is 0 Å². The maximum Gasteiger partial charge on any atom is 0.317 e. The molecule has 88 valence electrons. The summed E-state index contributed by atoms with van der Waals surface area (Å²) in [6.45, 7) is 3.31. The number of rotatable bonds is 7. The lowest BCUT2D eigenvalue weighted by Crippen LogP contribution is -2.21. The smallest absolute Gasteiger partial charge is 0.317 e. The summed E-state index contributed by atoms with van der Waals surface area (Å²) in [7, 11) is 0. The molecular weight excluding hydrogens is 206 g/mol. The van der Waals surface area contributed by atoms with Crippen molar-refractivity contribution >= 4 is 5.97 Å². The van der Waals surface area contributed by atoms with Gasteiger partial charge in [0, 0.05) is 6.54 Å². The SMILES string of the molecule is CCCOc1ccc(CNCC(=O)O)cc1. The Morgan fingerprint density at radius 1 is 1.38 bits per heavy atom. The van der Waals surface area contributed by atoms with E-state index in [2.05, 4.69) is 12.2 Å². The second kappa shape index (κ2) is 6.85. The Morgan fingerprint density at radius 3 is 2.62 bits per heavy atom. The molecule has 0 spiro atoms. The fourth-order valence-corrected chi connectivity index (χ4v) is 1.24. The highest BCUT2D eigenvalue weighted by Gasteiger charge is 1.97. The monoisotopic (exact) mass is 223 g/mol. The van der Waals surface area contributed by atoms with Crippen LogP contribution in [-0.2, 0) is 11.3 Å². The highest BCUT2D eigenvalue weighted by molar-refractivity contribution is 5.68. The van der Waals surface area contributed by atoms with Crippen LogP contribution < -0.4 is 10.1 Å². The van der Waals surface area contributed by atoms with E-state index in [1.54, 1.807) is 0 Å². The van der Waals surface area contributed by atoms with Gasteiger partial charge in [-0.1, -0.05) is 19.1 Å². The quantitative estimate of drug-likeness (QED) is 0.738. The van der Waals surface area contributed by atoms with Gasteiger partial charge in [0.25, 0.3) is 0 Å². The number of nitrogens with one attached hydrogen (secondary N) is 1. The van der Waals surface area contributed by atoms with Crippen LogP contribution in [0.2, 0.25) is 0 Å². The lowest BCUT2D eigenvalue weighted by atomic mass is 10.2. The van der Waals surface area contributed by atoms with Gasteiger partial charge in [-0.25, -0.2) is 0 Å². The normalized spacial score (nSPS) is 10.1. The van der Waals surface area contributed by atoms with Crippen LogP contribution in [-0.4, -0.2) is 24.2 Å². The molecule has 0 aliphatic carbocycles. The summed E-state index contributed by atoms with van der Waals surface area (Å²) in [6.07, 6.45) is 0.988. The van der Waals surface area contributed by atoms with Gasteiger partial charge in [0.2, 0.25) is 0 Å². The van der Waals surface area contributed by atoms with E-state index < -0.39 is 5.97 Å². The topological polar surface area (TPSA) is 58.6 Å². The molecule has 0 saturated heterocycles. The van der Waals surface area contributed by atoms with Crippen molar-refractivity contribution in [3.05, 3.63) is 29.8 Å². The molecule has 0 unspecified atom stereocenters. The first-order chi connectivity index (χ1) is 7.72. The van der Waals surface area contributed by atoms with Crippen molar-refractivity contribution in [2.45, 2.75) is 19.9 Å². The highest BCUT2D eigenvalue weighted by Crippen LogP contribution is 2.12. The van der Waals surface area contributed by atoms with Gasteiger partial charge in [0.1, 0.15) is 5.75 Å². The molecule has 1 aromatic rings. The predicted octanol–water partition coefficient (Wildman–Crippen LogP) is 1.65. The van der Waals surface area contributed by atoms with Gasteiger partial charge in [0.15, 0.2) is 0 Å². The minimum atomic E-state index is -0.845. The molecule has 16 heavy (non-hydrogen) atoms. The van der Waals surface area contributed by atoms with Gasteiger partial charge >= 0.3 is 5.97 Å². The van der Waals surface area contributed by atoms with E-state index in [-0.39, 0.29) is 6.54 Å². The van der Waals surface area contributed by atoms with Crippen LogP contribution in [0.1, 0.15) is 18.9 Å². The Morgan fingerprint density at radius 2 is 2.06 bits per heavy atom. The third-order valence-corrected chi connectivity index (χ3v) is 2.00. The number of hydrogen-bond acceptors (Lipinski definition) is 3. The number of aliphatic carboxylic acids is 1. The summed E-state index contributed by atoms with van der Waals surface area (Å²) in [5.41, 5.74) is 1.05. The predicted molar refractivity (Wildman–Crippen MR) is 61.6 cm³/mol. The molecule has 1 aromatic carbocycles. The Kier molecular flexibility index (Phi) is 5.36. The number of ether oxygens (including phenoxy) is 1. The van der Waals surface area contributed by atoms with Crippen LogP contribution in [0, 0.1) is 0 Å². The van der Waals surface area contributed by atoms with E-state index in [4.69, 9.17) is 9.84 Å². The summed E-state index contributed by atoms with van der Waals surface area (Å²) >= 11 is 0. The zero-order chi connectivity index (χ0) is 11.8. The molecule has 1 rings (SSSR count). The van der Waals surface area contributed by atoms with E-state index in [0.29, 0.717) is 6.54 Å². The van der Waals surface area contributed by atoms with E-state index >= 15 is 0 Å². The first-order valence-electron chi connectivity index (χ1n) is 5.36. The van der Waals surface area contributed by atoms with Crippen molar-refractivity contribution in [1.82, 2.24) is 5.32 Å².